The van der Waals surface area contributed by atoms with Crippen molar-refractivity contribution in [3.63, 3.8) is 0 Å². The fourth-order valence-corrected chi connectivity index (χ4v) is 7.74. The predicted octanol–water partition coefficient (Wildman–Crippen LogP) is 3.30. The molecule has 1 aromatic rings. The van der Waals surface area contributed by atoms with Crippen molar-refractivity contribution in [2.75, 3.05) is 32.8 Å². The van der Waals surface area contributed by atoms with Crippen LogP contribution in [0.25, 0.3) is 0 Å². The summed E-state index contributed by atoms with van der Waals surface area (Å²) in [6, 6.07) is 7.62. The fraction of sp³-hybridized carbons (Fsp3) is 0.576. The van der Waals surface area contributed by atoms with Crippen molar-refractivity contribution >= 4 is 39.6 Å². The molecule has 3 amide bonds. The molecule has 3 fully saturated rings. The van der Waals surface area contributed by atoms with E-state index in [4.69, 9.17) is 9.47 Å². The van der Waals surface area contributed by atoms with Crippen LogP contribution in [0.15, 0.2) is 55.6 Å². The van der Waals surface area contributed by atoms with Gasteiger partial charge in [0.25, 0.3) is 0 Å². The summed E-state index contributed by atoms with van der Waals surface area (Å²) < 4.78 is 12.1. The molecule has 4 rings (SSSR count). The zero-order chi connectivity index (χ0) is 31.9. The SMILES string of the molecule is C=CCCC(=O)OC[C@@H](NC(=O)[C@@H]1[C@H]2O[C@@]3(CC2Br)[C@H](C(=O)N(CC=C)CCCC)N(CCCO)C(=O)[C@@H]13)c1ccccc1. The van der Waals surface area contributed by atoms with Gasteiger partial charge in [0.2, 0.25) is 17.7 Å². The van der Waals surface area contributed by atoms with E-state index in [0.29, 0.717) is 32.4 Å². The second kappa shape index (κ2) is 15.3. The van der Waals surface area contributed by atoms with Gasteiger partial charge in [0.05, 0.1) is 24.0 Å². The summed E-state index contributed by atoms with van der Waals surface area (Å²) in [5.74, 6) is -3.11. The largest absolute Gasteiger partial charge is 0.463 e. The lowest BCUT2D eigenvalue weighted by molar-refractivity contribution is -0.148. The Morgan fingerprint density at radius 3 is 2.66 bits per heavy atom. The van der Waals surface area contributed by atoms with Gasteiger partial charge in [-0.15, -0.1) is 13.2 Å². The van der Waals surface area contributed by atoms with Gasteiger partial charge >= 0.3 is 5.97 Å². The number of likely N-dealkylation sites (tertiary alicyclic amines) is 1. The van der Waals surface area contributed by atoms with Crippen LogP contribution >= 0.6 is 15.9 Å². The number of hydrogen-bond donors (Lipinski definition) is 2. The van der Waals surface area contributed by atoms with Crippen molar-refractivity contribution in [2.45, 2.75) is 74.1 Å². The number of rotatable bonds is 17. The fourth-order valence-electron chi connectivity index (χ4n) is 6.80. The van der Waals surface area contributed by atoms with Crippen LogP contribution in [0.1, 0.15) is 57.1 Å². The van der Waals surface area contributed by atoms with Gasteiger partial charge in [0.15, 0.2) is 0 Å². The number of nitrogens with one attached hydrogen (secondary N) is 1. The van der Waals surface area contributed by atoms with E-state index in [1.807, 2.05) is 37.3 Å². The summed E-state index contributed by atoms with van der Waals surface area (Å²) in [4.78, 5) is 57.8. The topological polar surface area (TPSA) is 125 Å². The molecule has 44 heavy (non-hydrogen) atoms. The number of hydrogen-bond acceptors (Lipinski definition) is 7. The Balaban J connectivity index is 1.64. The maximum Gasteiger partial charge on any atom is 0.306 e. The smallest absolute Gasteiger partial charge is 0.306 e. The van der Waals surface area contributed by atoms with Crippen LogP contribution in [0.3, 0.4) is 0 Å². The standard InChI is InChI=1S/C33H44BrN3O7/c1-4-7-15-25(39)43-21-24(22-13-10-9-11-14-22)35-30(40)26-27-31(41)37(18-12-19-38)29(33(27)20-23(34)28(26)44-33)32(42)36(16-6-3)17-8-5-2/h4,6,9-11,13-14,23-24,26-29,38H,1,3,5,7-8,12,15-21H2,2H3,(H,35,40)/t23?,24-,26+,27-,28+,29+,33-/m1/s1. The minimum Gasteiger partial charge on any atom is -0.463 e. The van der Waals surface area contributed by atoms with E-state index in [0.717, 1.165) is 18.4 Å². The summed E-state index contributed by atoms with van der Waals surface area (Å²) in [7, 11) is 0. The zero-order valence-corrected chi connectivity index (χ0v) is 27.0. The third-order valence-electron chi connectivity index (χ3n) is 8.81. The van der Waals surface area contributed by atoms with Gasteiger partial charge in [-0.3, -0.25) is 19.2 Å². The molecular formula is C33H44BrN3O7. The Morgan fingerprint density at radius 2 is 2.00 bits per heavy atom. The Morgan fingerprint density at radius 1 is 1.25 bits per heavy atom. The molecule has 11 heteroatoms. The number of carbonyl (C=O) groups excluding carboxylic acids is 4. The molecule has 0 aromatic heterocycles. The quantitative estimate of drug-likeness (QED) is 0.148. The number of nitrogens with zero attached hydrogens (tertiary/aromatic N) is 2. The van der Waals surface area contributed by atoms with Crippen molar-refractivity contribution in [3.8, 4) is 0 Å². The predicted molar refractivity (Wildman–Crippen MR) is 169 cm³/mol. The molecule has 7 atom stereocenters. The number of carbonyl (C=O) groups is 4. The average molecular weight is 675 g/mol. The molecule has 240 valence electrons. The first-order chi connectivity index (χ1) is 21.2. The molecule has 0 aliphatic carbocycles. The van der Waals surface area contributed by atoms with Crippen LogP contribution in [0.4, 0.5) is 0 Å². The van der Waals surface area contributed by atoms with Crippen LogP contribution in [0, 0.1) is 11.8 Å². The van der Waals surface area contributed by atoms with Crippen molar-refractivity contribution in [3.05, 3.63) is 61.2 Å². The number of unbranched alkanes of at least 4 members (excludes halogenated alkanes) is 1. The van der Waals surface area contributed by atoms with Crippen LogP contribution < -0.4 is 5.32 Å². The average Bonchev–Trinajstić information content (AvgIpc) is 3.62. The number of benzene rings is 1. The van der Waals surface area contributed by atoms with Crippen molar-refractivity contribution < 1.29 is 33.8 Å². The Labute approximate surface area is 267 Å². The van der Waals surface area contributed by atoms with Crippen LogP contribution in [0.5, 0.6) is 0 Å². The first kappa shape index (κ1) is 33.9. The third kappa shape index (κ3) is 6.79. The van der Waals surface area contributed by atoms with Crippen LogP contribution in [-0.4, -0.2) is 94.0 Å². The van der Waals surface area contributed by atoms with E-state index >= 15 is 0 Å². The highest BCUT2D eigenvalue weighted by molar-refractivity contribution is 9.09. The normalized spacial score (nSPS) is 27.5. The van der Waals surface area contributed by atoms with Crippen molar-refractivity contribution in [1.82, 2.24) is 15.1 Å². The maximum atomic E-state index is 14.2. The lowest BCUT2D eigenvalue weighted by Crippen LogP contribution is -2.57. The second-order valence-corrected chi connectivity index (χ2v) is 12.9. The molecule has 3 aliphatic heterocycles. The van der Waals surface area contributed by atoms with E-state index in [9.17, 15) is 24.3 Å². The summed E-state index contributed by atoms with van der Waals surface area (Å²) in [5.41, 5.74) is -0.451. The van der Waals surface area contributed by atoms with E-state index in [1.165, 1.54) is 4.90 Å². The number of alkyl halides is 1. The maximum absolute atomic E-state index is 14.2. The van der Waals surface area contributed by atoms with Crippen LogP contribution in [0.2, 0.25) is 0 Å². The van der Waals surface area contributed by atoms with Gasteiger partial charge in [-0.05, 0) is 31.2 Å². The minimum atomic E-state index is -1.20. The number of allylic oxidation sites excluding steroid dienone is 1. The Bertz CT molecular complexity index is 1210. The Hall–Kier alpha value is -3.02. The number of esters is 1. The number of aliphatic hydroxyl groups is 1. The van der Waals surface area contributed by atoms with E-state index in [-0.39, 0.29) is 42.8 Å². The summed E-state index contributed by atoms with van der Waals surface area (Å²) in [6.45, 7) is 10.3. The molecule has 3 aliphatic rings. The van der Waals surface area contributed by atoms with Crippen molar-refractivity contribution in [2.24, 2.45) is 11.8 Å². The lowest BCUT2D eigenvalue weighted by Gasteiger charge is -2.37. The number of halogens is 1. The number of amides is 3. The number of fused-ring (bicyclic) bond motifs is 1. The van der Waals surface area contributed by atoms with E-state index in [1.54, 1.807) is 17.1 Å². The highest BCUT2D eigenvalue weighted by atomic mass is 79.9. The van der Waals surface area contributed by atoms with Gasteiger partial charge in [-0.2, -0.15) is 0 Å². The number of aliphatic hydroxyl groups excluding tert-OH is 1. The van der Waals surface area contributed by atoms with Gasteiger partial charge in [0, 0.05) is 37.5 Å². The third-order valence-corrected chi connectivity index (χ3v) is 9.65. The molecule has 1 spiro atoms. The highest BCUT2D eigenvalue weighted by Crippen LogP contribution is 2.60. The lowest BCUT2D eigenvalue weighted by atomic mass is 9.70. The first-order valence-electron chi connectivity index (χ1n) is 15.5. The summed E-state index contributed by atoms with van der Waals surface area (Å²) >= 11 is 3.71. The van der Waals surface area contributed by atoms with Gasteiger partial charge in [-0.25, -0.2) is 0 Å². The first-order valence-corrected chi connectivity index (χ1v) is 16.4. The van der Waals surface area contributed by atoms with Gasteiger partial charge in [-0.1, -0.05) is 71.8 Å². The second-order valence-electron chi connectivity index (χ2n) is 11.7. The molecule has 3 saturated heterocycles. The summed E-state index contributed by atoms with van der Waals surface area (Å²) in [6.07, 6.45) is 5.71. The number of ether oxygens (including phenoxy) is 2. The Kier molecular flexibility index (Phi) is 11.8. The molecule has 10 nitrogen and oxygen atoms in total. The van der Waals surface area contributed by atoms with E-state index < -0.39 is 47.5 Å². The molecular weight excluding hydrogens is 630 g/mol. The molecule has 2 bridgehead atoms. The monoisotopic (exact) mass is 673 g/mol. The molecule has 0 radical (unpaired) electrons. The minimum absolute atomic E-state index is 0.0802. The summed E-state index contributed by atoms with van der Waals surface area (Å²) in [5, 5.41) is 12.7. The van der Waals surface area contributed by atoms with Crippen molar-refractivity contribution in [1.29, 1.82) is 0 Å². The zero-order valence-electron chi connectivity index (χ0n) is 25.4. The van der Waals surface area contributed by atoms with Gasteiger partial charge < -0.3 is 29.7 Å². The van der Waals surface area contributed by atoms with Crippen LogP contribution in [-0.2, 0) is 28.7 Å². The molecule has 2 N–H and O–H groups in total. The van der Waals surface area contributed by atoms with Gasteiger partial charge in [0.1, 0.15) is 18.2 Å². The molecule has 1 aromatic carbocycles. The van der Waals surface area contributed by atoms with E-state index in [2.05, 4.69) is 34.4 Å². The molecule has 3 heterocycles. The molecule has 1 unspecified atom stereocenters. The highest BCUT2D eigenvalue weighted by Gasteiger charge is 2.76. The molecule has 0 saturated carbocycles.